The van der Waals surface area contributed by atoms with E-state index < -0.39 is 0 Å². The maximum Gasteiger partial charge on any atom is 0.157 e. The van der Waals surface area contributed by atoms with E-state index in [0.717, 1.165) is 0 Å². The minimum Gasteiger partial charge on any atom is -0.507 e. The summed E-state index contributed by atoms with van der Waals surface area (Å²) in [6.45, 7) is 0. The van der Waals surface area contributed by atoms with Crippen molar-refractivity contribution in [3.63, 3.8) is 0 Å². The standard InChI is InChI=1S/C7H5ClO3/c8-4-1-6(10)5(3-9)7(11)2-4/h1-3,10-11H. The van der Waals surface area contributed by atoms with Crippen LogP contribution in [0.15, 0.2) is 12.1 Å². The van der Waals surface area contributed by atoms with Crippen molar-refractivity contribution in [1.82, 2.24) is 0 Å². The Labute approximate surface area is 67.8 Å². The molecule has 0 unspecified atom stereocenters. The van der Waals surface area contributed by atoms with Gasteiger partial charge in [-0.15, -0.1) is 0 Å². The number of phenols is 2. The van der Waals surface area contributed by atoms with Crippen LogP contribution in [-0.4, -0.2) is 16.5 Å². The average molecular weight is 173 g/mol. The normalized spacial score (nSPS) is 9.55. The van der Waals surface area contributed by atoms with Crippen molar-refractivity contribution < 1.29 is 15.0 Å². The third-order valence-corrected chi connectivity index (χ3v) is 1.44. The third kappa shape index (κ3) is 1.43. The highest BCUT2D eigenvalue weighted by atomic mass is 35.5. The van der Waals surface area contributed by atoms with Gasteiger partial charge in [-0.3, -0.25) is 4.79 Å². The highest BCUT2D eigenvalue weighted by Gasteiger charge is 2.06. The van der Waals surface area contributed by atoms with E-state index in [2.05, 4.69) is 0 Å². The fraction of sp³-hybridized carbons (Fsp3) is 0. The van der Waals surface area contributed by atoms with Crippen molar-refractivity contribution in [2.24, 2.45) is 0 Å². The number of aldehydes is 1. The lowest BCUT2D eigenvalue weighted by molar-refractivity contribution is 0.111. The van der Waals surface area contributed by atoms with Crippen LogP contribution in [0.25, 0.3) is 0 Å². The molecule has 0 saturated carbocycles. The highest BCUT2D eigenvalue weighted by Crippen LogP contribution is 2.29. The van der Waals surface area contributed by atoms with Crippen molar-refractivity contribution in [1.29, 1.82) is 0 Å². The van der Waals surface area contributed by atoms with E-state index in [1.165, 1.54) is 12.1 Å². The highest BCUT2D eigenvalue weighted by molar-refractivity contribution is 6.31. The number of rotatable bonds is 1. The SMILES string of the molecule is O=Cc1c(O)cc(Cl)cc1O. The molecule has 3 nitrogen and oxygen atoms in total. The van der Waals surface area contributed by atoms with Gasteiger partial charge >= 0.3 is 0 Å². The Morgan fingerprint density at radius 2 is 1.73 bits per heavy atom. The molecule has 1 aromatic carbocycles. The second-order valence-corrected chi connectivity index (χ2v) is 2.41. The summed E-state index contributed by atoms with van der Waals surface area (Å²) in [4.78, 5) is 10.2. The summed E-state index contributed by atoms with van der Waals surface area (Å²) in [6, 6.07) is 2.37. The Morgan fingerprint density at radius 3 is 2.09 bits per heavy atom. The van der Waals surface area contributed by atoms with Gasteiger partial charge in [0.25, 0.3) is 0 Å². The van der Waals surface area contributed by atoms with Crippen LogP contribution in [0, 0.1) is 0 Å². The van der Waals surface area contributed by atoms with Crippen molar-refractivity contribution in [3.8, 4) is 11.5 Å². The third-order valence-electron chi connectivity index (χ3n) is 1.22. The van der Waals surface area contributed by atoms with Crippen LogP contribution in [0.5, 0.6) is 11.5 Å². The first-order chi connectivity index (χ1) is 5.15. The summed E-state index contributed by atoms with van der Waals surface area (Å²) >= 11 is 5.44. The molecule has 4 heteroatoms. The second-order valence-electron chi connectivity index (χ2n) is 1.98. The number of benzene rings is 1. The summed E-state index contributed by atoms with van der Waals surface area (Å²) in [6.07, 6.45) is 0.362. The van der Waals surface area contributed by atoms with Gasteiger partial charge in [0.15, 0.2) is 6.29 Å². The van der Waals surface area contributed by atoms with E-state index >= 15 is 0 Å². The van der Waals surface area contributed by atoms with Crippen LogP contribution in [-0.2, 0) is 0 Å². The monoisotopic (exact) mass is 172 g/mol. The zero-order valence-electron chi connectivity index (χ0n) is 5.41. The van der Waals surface area contributed by atoms with Crippen LogP contribution in [0.2, 0.25) is 5.02 Å². The predicted octanol–water partition coefficient (Wildman–Crippen LogP) is 1.56. The molecule has 11 heavy (non-hydrogen) atoms. The minimum atomic E-state index is -0.315. The molecular formula is C7H5ClO3. The molecule has 0 aromatic heterocycles. The lowest BCUT2D eigenvalue weighted by Gasteiger charge is -1.99. The molecule has 0 spiro atoms. The Hall–Kier alpha value is -1.22. The van der Waals surface area contributed by atoms with Crippen molar-refractivity contribution in [2.75, 3.05) is 0 Å². The van der Waals surface area contributed by atoms with Crippen LogP contribution < -0.4 is 0 Å². The molecule has 0 aliphatic rings. The van der Waals surface area contributed by atoms with Crippen molar-refractivity contribution in [3.05, 3.63) is 22.7 Å². The van der Waals surface area contributed by atoms with E-state index in [4.69, 9.17) is 21.8 Å². The summed E-state index contributed by atoms with van der Waals surface area (Å²) in [7, 11) is 0. The molecular weight excluding hydrogens is 168 g/mol. The van der Waals surface area contributed by atoms with E-state index in [-0.39, 0.29) is 22.1 Å². The number of carbonyl (C=O) groups is 1. The van der Waals surface area contributed by atoms with E-state index in [1.807, 2.05) is 0 Å². The summed E-state index contributed by atoms with van der Waals surface area (Å²) in [5, 5.41) is 18.2. The van der Waals surface area contributed by atoms with Gasteiger partial charge in [0, 0.05) is 5.02 Å². The second kappa shape index (κ2) is 2.80. The first kappa shape index (κ1) is 7.88. The topological polar surface area (TPSA) is 57.5 Å². The van der Waals surface area contributed by atoms with Gasteiger partial charge in [-0.05, 0) is 12.1 Å². The summed E-state index contributed by atoms with van der Waals surface area (Å²) in [5.74, 6) is -0.630. The van der Waals surface area contributed by atoms with Gasteiger partial charge in [0.1, 0.15) is 11.5 Å². The summed E-state index contributed by atoms with van der Waals surface area (Å²) < 4.78 is 0. The molecule has 0 saturated heterocycles. The quantitative estimate of drug-likeness (QED) is 0.632. The van der Waals surface area contributed by atoms with Crippen LogP contribution in [0.1, 0.15) is 10.4 Å². The van der Waals surface area contributed by atoms with Crippen molar-refractivity contribution in [2.45, 2.75) is 0 Å². The minimum absolute atomic E-state index is 0.144. The number of carbonyl (C=O) groups excluding carboxylic acids is 1. The van der Waals surface area contributed by atoms with Gasteiger partial charge in [0.05, 0.1) is 5.56 Å². The fourth-order valence-electron chi connectivity index (χ4n) is 0.710. The van der Waals surface area contributed by atoms with Crippen LogP contribution in [0.3, 0.4) is 0 Å². The number of aromatic hydroxyl groups is 2. The molecule has 0 heterocycles. The molecule has 2 N–H and O–H groups in total. The Bertz CT molecular complexity index is 273. The van der Waals surface area contributed by atoms with E-state index in [9.17, 15) is 4.79 Å². The van der Waals surface area contributed by atoms with E-state index in [0.29, 0.717) is 6.29 Å². The summed E-state index contributed by atoms with van der Waals surface area (Å²) in [5.41, 5.74) is -0.144. The number of hydrogen-bond donors (Lipinski definition) is 2. The van der Waals surface area contributed by atoms with Gasteiger partial charge in [-0.25, -0.2) is 0 Å². The molecule has 0 aliphatic heterocycles. The van der Waals surface area contributed by atoms with Crippen LogP contribution >= 0.6 is 11.6 Å². The van der Waals surface area contributed by atoms with Gasteiger partial charge in [-0.2, -0.15) is 0 Å². The van der Waals surface area contributed by atoms with Gasteiger partial charge in [-0.1, -0.05) is 11.6 Å². The molecule has 0 atom stereocenters. The lowest BCUT2D eigenvalue weighted by Crippen LogP contribution is -1.82. The number of phenolic OH excluding ortho intramolecular Hbond substituents is 2. The van der Waals surface area contributed by atoms with E-state index in [1.54, 1.807) is 0 Å². The molecule has 1 aromatic rings. The smallest absolute Gasteiger partial charge is 0.157 e. The lowest BCUT2D eigenvalue weighted by atomic mass is 10.2. The predicted molar refractivity (Wildman–Crippen MR) is 40.2 cm³/mol. The van der Waals surface area contributed by atoms with Gasteiger partial charge < -0.3 is 10.2 Å². The zero-order chi connectivity index (χ0) is 8.43. The van der Waals surface area contributed by atoms with Gasteiger partial charge in [0.2, 0.25) is 0 Å². The molecule has 1 rings (SSSR count). The Morgan fingerprint density at radius 1 is 1.27 bits per heavy atom. The van der Waals surface area contributed by atoms with Crippen molar-refractivity contribution >= 4 is 17.9 Å². The first-order valence-corrected chi connectivity index (χ1v) is 3.19. The zero-order valence-corrected chi connectivity index (χ0v) is 6.17. The maximum absolute atomic E-state index is 10.2. The maximum atomic E-state index is 10.2. The van der Waals surface area contributed by atoms with Crippen LogP contribution in [0.4, 0.5) is 0 Å². The molecule has 0 bridgehead atoms. The molecule has 0 fully saturated rings. The largest absolute Gasteiger partial charge is 0.507 e. The Balaban J connectivity index is 3.36. The molecule has 58 valence electrons. The molecule has 0 amide bonds. The Kier molecular flexibility index (Phi) is 2.01. The number of hydrogen-bond acceptors (Lipinski definition) is 3. The molecule has 0 aliphatic carbocycles. The molecule has 0 radical (unpaired) electrons. The first-order valence-electron chi connectivity index (χ1n) is 2.82. The fourth-order valence-corrected chi connectivity index (χ4v) is 0.917. The number of halogens is 1. The average Bonchev–Trinajstić information content (AvgIpc) is 1.85.